The second-order valence-electron chi connectivity index (χ2n) is 5.64. The van der Waals surface area contributed by atoms with Crippen molar-refractivity contribution in [1.29, 1.82) is 0 Å². The number of nitrogens with zero attached hydrogens (tertiary/aromatic N) is 5. The van der Waals surface area contributed by atoms with Crippen molar-refractivity contribution in [2.45, 2.75) is 13.5 Å². The summed E-state index contributed by atoms with van der Waals surface area (Å²) in [4.78, 5) is 26.7. The average Bonchev–Trinajstić information content (AvgIpc) is 3.10. The number of non-ortho nitro benzene ring substituents is 1. The lowest BCUT2D eigenvalue weighted by atomic mass is 10.2. The lowest BCUT2D eigenvalue weighted by molar-refractivity contribution is -0.384. The first kappa shape index (κ1) is 16.0. The smallest absolute Gasteiger partial charge is 0.269 e. The van der Waals surface area contributed by atoms with Crippen molar-refractivity contribution in [1.82, 2.24) is 14.7 Å². The molecule has 0 spiro atoms. The van der Waals surface area contributed by atoms with Crippen molar-refractivity contribution in [3.8, 4) is 0 Å². The van der Waals surface area contributed by atoms with Gasteiger partial charge in [0.1, 0.15) is 0 Å². The van der Waals surface area contributed by atoms with Gasteiger partial charge in [0, 0.05) is 56.7 Å². The van der Waals surface area contributed by atoms with Crippen LogP contribution in [0.4, 0.5) is 11.4 Å². The molecular weight excluding hydrogens is 310 g/mol. The fourth-order valence-corrected chi connectivity index (χ4v) is 2.78. The number of piperazine rings is 1. The van der Waals surface area contributed by atoms with Gasteiger partial charge in [0.2, 0.25) is 0 Å². The van der Waals surface area contributed by atoms with Crippen LogP contribution >= 0.6 is 0 Å². The van der Waals surface area contributed by atoms with Gasteiger partial charge in [-0.25, -0.2) is 0 Å². The van der Waals surface area contributed by atoms with E-state index in [1.54, 1.807) is 29.2 Å². The minimum absolute atomic E-state index is 0.00181. The molecule has 2 heterocycles. The maximum atomic E-state index is 12.5. The summed E-state index contributed by atoms with van der Waals surface area (Å²) < 4.78 is 1.74. The monoisotopic (exact) mass is 329 g/mol. The minimum Gasteiger partial charge on any atom is -0.368 e. The second kappa shape index (κ2) is 6.69. The average molecular weight is 329 g/mol. The standard InChI is InChI=1S/C16H19N5O3/c1-2-20-12-13(11-17-20)16(22)19-9-7-18(8-10-19)14-3-5-15(6-4-14)21(23)24/h3-6,11-12H,2,7-10H2,1H3. The van der Waals surface area contributed by atoms with E-state index in [9.17, 15) is 14.9 Å². The Balaban J connectivity index is 1.60. The number of carbonyl (C=O) groups excluding carboxylic acids is 1. The topological polar surface area (TPSA) is 84.5 Å². The largest absolute Gasteiger partial charge is 0.368 e. The van der Waals surface area contributed by atoms with Crippen LogP contribution in [0.1, 0.15) is 17.3 Å². The summed E-state index contributed by atoms with van der Waals surface area (Å²) in [6.07, 6.45) is 3.37. The zero-order valence-corrected chi connectivity index (χ0v) is 13.5. The van der Waals surface area contributed by atoms with Gasteiger partial charge in [0.25, 0.3) is 11.6 Å². The molecule has 1 amide bonds. The molecule has 1 aromatic heterocycles. The molecule has 3 rings (SSSR count). The first-order valence-corrected chi connectivity index (χ1v) is 7.89. The molecule has 1 aliphatic heterocycles. The highest BCUT2D eigenvalue weighted by atomic mass is 16.6. The summed E-state index contributed by atoms with van der Waals surface area (Å²) >= 11 is 0. The van der Waals surface area contributed by atoms with Gasteiger partial charge in [-0.15, -0.1) is 0 Å². The molecule has 0 atom stereocenters. The van der Waals surface area contributed by atoms with Crippen LogP contribution in [-0.4, -0.2) is 51.7 Å². The van der Waals surface area contributed by atoms with E-state index in [2.05, 4.69) is 10.00 Å². The molecule has 0 radical (unpaired) electrons. The van der Waals surface area contributed by atoms with Gasteiger partial charge in [0.05, 0.1) is 16.7 Å². The van der Waals surface area contributed by atoms with Gasteiger partial charge in [0.15, 0.2) is 0 Å². The van der Waals surface area contributed by atoms with Crippen molar-refractivity contribution in [3.63, 3.8) is 0 Å². The molecular formula is C16H19N5O3. The highest BCUT2D eigenvalue weighted by Gasteiger charge is 2.23. The zero-order chi connectivity index (χ0) is 17.1. The third-order valence-corrected chi connectivity index (χ3v) is 4.20. The van der Waals surface area contributed by atoms with Crippen molar-refractivity contribution < 1.29 is 9.72 Å². The number of carbonyl (C=O) groups is 1. The molecule has 0 unspecified atom stereocenters. The molecule has 8 nitrogen and oxygen atoms in total. The Bertz CT molecular complexity index is 732. The first-order chi connectivity index (χ1) is 11.6. The zero-order valence-electron chi connectivity index (χ0n) is 13.5. The molecule has 8 heteroatoms. The molecule has 1 aromatic carbocycles. The Hall–Kier alpha value is -2.90. The summed E-state index contributed by atoms with van der Waals surface area (Å²) in [5.74, 6) is -0.00181. The van der Waals surface area contributed by atoms with Crippen molar-refractivity contribution in [2.75, 3.05) is 31.1 Å². The molecule has 1 aliphatic rings. The summed E-state index contributed by atoms with van der Waals surface area (Å²) in [6, 6.07) is 6.51. The maximum Gasteiger partial charge on any atom is 0.269 e. The molecule has 1 fully saturated rings. The summed E-state index contributed by atoms with van der Waals surface area (Å²) in [6.45, 7) is 5.35. The number of aryl methyl sites for hydroxylation is 1. The molecule has 24 heavy (non-hydrogen) atoms. The van der Waals surface area contributed by atoms with Crippen LogP contribution in [0.3, 0.4) is 0 Å². The van der Waals surface area contributed by atoms with Crippen LogP contribution in [0, 0.1) is 10.1 Å². The number of nitro groups is 1. The number of hydrogen-bond donors (Lipinski definition) is 0. The Kier molecular flexibility index (Phi) is 4.45. The van der Waals surface area contributed by atoms with Crippen LogP contribution in [0.15, 0.2) is 36.7 Å². The van der Waals surface area contributed by atoms with Crippen LogP contribution in [0.25, 0.3) is 0 Å². The van der Waals surface area contributed by atoms with Gasteiger partial charge < -0.3 is 9.80 Å². The number of amides is 1. The lowest BCUT2D eigenvalue weighted by Crippen LogP contribution is -2.48. The third kappa shape index (κ3) is 3.22. The number of hydrogen-bond acceptors (Lipinski definition) is 5. The summed E-state index contributed by atoms with van der Waals surface area (Å²) in [5.41, 5.74) is 1.63. The van der Waals surface area contributed by atoms with E-state index in [-0.39, 0.29) is 11.6 Å². The Morgan fingerprint density at radius 1 is 1.21 bits per heavy atom. The quantitative estimate of drug-likeness (QED) is 0.630. The number of rotatable bonds is 4. The third-order valence-electron chi connectivity index (χ3n) is 4.20. The summed E-state index contributed by atoms with van der Waals surface area (Å²) in [5, 5.41) is 14.8. The van der Waals surface area contributed by atoms with Crippen LogP contribution in [0.5, 0.6) is 0 Å². The first-order valence-electron chi connectivity index (χ1n) is 7.89. The van der Waals surface area contributed by atoms with Crippen molar-refractivity contribution in [2.24, 2.45) is 0 Å². The Morgan fingerprint density at radius 3 is 2.42 bits per heavy atom. The fourth-order valence-electron chi connectivity index (χ4n) is 2.78. The van der Waals surface area contributed by atoms with Gasteiger partial charge in [-0.3, -0.25) is 19.6 Å². The lowest BCUT2D eigenvalue weighted by Gasteiger charge is -2.35. The highest BCUT2D eigenvalue weighted by molar-refractivity contribution is 5.93. The van der Waals surface area contributed by atoms with E-state index in [1.165, 1.54) is 12.1 Å². The van der Waals surface area contributed by atoms with Gasteiger partial charge in [-0.1, -0.05) is 0 Å². The second-order valence-corrected chi connectivity index (χ2v) is 5.64. The predicted octanol–water partition coefficient (Wildman–Crippen LogP) is 1.77. The van der Waals surface area contributed by atoms with E-state index < -0.39 is 4.92 Å². The number of aromatic nitrogens is 2. The summed E-state index contributed by atoms with van der Waals surface area (Å²) in [7, 11) is 0. The van der Waals surface area contributed by atoms with E-state index >= 15 is 0 Å². The number of nitro benzene ring substituents is 1. The van der Waals surface area contributed by atoms with E-state index in [4.69, 9.17) is 0 Å². The Labute approximate surface area is 139 Å². The van der Waals surface area contributed by atoms with Crippen molar-refractivity contribution >= 4 is 17.3 Å². The van der Waals surface area contributed by atoms with Crippen LogP contribution < -0.4 is 4.90 Å². The number of anilines is 1. The van der Waals surface area contributed by atoms with E-state index in [0.29, 0.717) is 31.7 Å². The molecule has 0 N–H and O–H groups in total. The maximum absolute atomic E-state index is 12.5. The molecule has 1 saturated heterocycles. The highest BCUT2D eigenvalue weighted by Crippen LogP contribution is 2.21. The molecule has 0 bridgehead atoms. The number of benzene rings is 1. The molecule has 2 aromatic rings. The minimum atomic E-state index is -0.406. The van der Waals surface area contributed by atoms with Crippen LogP contribution in [0.2, 0.25) is 0 Å². The SMILES string of the molecule is CCn1cc(C(=O)N2CCN(c3ccc([N+](=O)[O-])cc3)CC2)cn1. The van der Waals surface area contributed by atoms with Crippen molar-refractivity contribution in [3.05, 3.63) is 52.3 Å². The van der Waals surface area contributed by atoms with Gasteiger partial charge in [-0.2, -0.15) is 5.10 Å². The molecule has 0 aliphatic carbocycles. The van der Waals surface area contributed by atoms with Gasteiger partial charge >= 0.3 is 0 Å². The molecule has 126 valence electrons. The van der Waals surface area contributed by atoms with Crippen LogP contribution in [-0.2, 0) is 6.54 Å². The Morgan fingerprint density at radius 2 is 1.88 bits per heavy atom. The van der Waals surface area contributed by atoms with E-state index in [1.807, 2.05) is 11.8 Å². The van der Waals surface area contributed by atoms with E-state index in [0.717, 1.165) is 12.2 Å². The normalized spacial score (nSPS) is 14.7. The molecule has 0 saturated carbocycles. The predicted molar refractivity (Wildman–Crippen MR) is 89.1 cm³/mol. The fraction of sp³-hybridized carbons (Fsp3) is 0.375. The van der Waals surface area contributed by atoms with Gasteiger partial charge in [-0.05, 0) is 19.1 Å².